The molecular weight excluding hydrogens is 604 g/mol. The fourth-order valence-corrected chi connectivity index (χ4v) is 7.88. The van der Waals surface area contributed by atoms with Gasteiger partial charge in [0, 0.05) is 36.3 Å². The summed E-state index contributed by atoms with van der Waals surface area (Å²) in [5.41, 5.74) is 8.45. The van der Waals surface area contributed by atoms with Gasteiger partial charge in [-0.2, -0.15) is 0 Å². The van der Waals surface area contributed by atoms with Gasteiger partial charge in [0.25, 0.3) is 0 Å². The van der Waals surface area contributed by atoms with Gasteiger partial charge in [0.2, 0.25) is 5.75 Å². The van der Waals surface area contributed by atoms with Crippen LogP contribution in [0.2, 0.25) is 0 Å². The van der Waals surface area contributed by atoms with E-state index in [0.29, 0.717) is 34.5 Å². The van der Waals surface area contributed by atoms with Gasteiger partial charge < -0.3 is 28.4 Å². The van der Waals surface area contributed by atoms with Gasteiger partial charge in [-0.1, -0.05) is 25.1 Å². The second-order valence-corrected chi connectivity index (χ2v) is 13.1. The third kappa shape index (κ3) is 5.61. The summed E-state index contributed by atoms with van der Waals surface area (Å²) in [6, 6.07) is 19.2. The number of ether oxygens (including phenoxy) is 6. The lowest BCUT2D eigenvalue weighted by molar-refractivity contribution is 0.219. The molecule has 0 N–H and O–H groups in total. The van der Waals surface area contributed by atoms with Gasteiger partial charge in [-0.05, 0) is 110 Å². The van der Waals surface area contributed by atoms with Crippen LogP contribution in [-0.4, -0.2) is 65.4 Å². The van der Waals surface area contributed by atoms with Crippen LogP contribution in [0.15, 0.2) is 54.6 Å². The highest BCUT2D eigenvalue weighted by molar-refractivity contribution is 5.67. The van der Waals surface area contributed by atoms with Gasteiger partial charge in [0.05, 0.1) is 28.4 Å². The lowest BCUT2D eigenvalue weighted by Crippen LogP contribution is -2.34. The van der Waals surface area contributed by atoms with E-state index in [1.54, 1.807) is 28.4 Å². The van der Waals surface area contributed by atoms with E-state index < -0.39 is 0 Å². The summed E-state index contributed by atoms with van der Waals surface area (Å²) in [6.07, 6.45) is 4.21. The molecule has 252 valence electrons. The molecule has 0 saturated heterocycles. The van der Waals surface area contributed by atoms with Gasteiger partial charge in [-0.3, -0.25) is 9.80 Å². The molecule has 2 atom stereocenters. The van der Waals surface area contributed by atoms with Crippen molar-refractivity contribution in [2.24, 2.45) is 0 Å². The molecule has 0 unspecified atom stereocenters. The summed E-state index contributed by atoms with van der Waals surface area (Å²) in [5, 5.41) is 0. The molecule has 0 aromatic heterocycles. The standard InChI is InChI=1S/C40H46N2O6/c1-8-28-29-16-18-42(3)32-20-25-11-14-33(43-4)35(21-25)47-27-12-9-24(10-13-27)19-31-30-23-36(34(44-5)22-26(30)15-17-41(31)2)48-39(37(29)32)40(46-7)38(28)45-6/h9-14,21-23,31-32H,8,15-20H2,1-7H3/t31-,32-/m0/s1. The van der Waals surface area contributed by atoms with E-state index in [-0.39, 0.29) is 12.1 Å². The lowest BCUT2D eigenvalue weighted by Gasteiger charge is -2.38. The molecule has 0 spiro atoms. The Kier molecular flexibility index (Phi) is 8.88. The van der Waals surface area contributed by atoms with Gasteiger partial charge in [-0.15, -0.1) is 0 Å². The zero-order valence-corrected chi connectivity index (χ0v) is 29.1. The summed E-state index contributed by atoms with van der Waals surface area (Å²) < 4.78 is 37.7. The molecule has 0 fully saturated rings. The van der Waals surface area contributed by atoms with E-state index in [1.165, 1.54) is 22.3 Å². The quantitative estimate of drug-likeness (QED) is 0.218. The topological polar surface area (TPSA) is 61.9 Å². The predicted octanol–water partition coefficient (Wildman–Crippen LogP) is 7.72. The minimum Gasteiger partial charge on any atom is -0.493 e. The Balaban J connectivity index is 1.50. The molecule has 0 aliphatic carbocycles. The summed E-state index contributed by atoms with van der Waals surface area (Å²) >= 11 is 0. The third-order valence-electron chi connectivity index (χ3n) is 10.5. The fraction of sp³-hybridized carbons (Fsp3) is 0.400. The van der Waals surface area contributed by atoms with Crippen LogP contribution in [0.1, 0.15) is 58.0 Å². The highest BCUT2D eigenvalue weighted by Crippen LogP contribution is 2.54. The van der Waals surface area contributed by atoms with Crippen LogP contribution in [0, 0.1) is 0 Å². The first kappa shape index (κ1) is 32.2. The van der Waals surface area contributed by atoms with E-state index >= 15 is 0 Å². The Morgan fingerprint density at radius 2 is 1.35 bits per heavy atom. The van der Waals surface area contributed by atoms with E-state index in [9.17, 15) is 0 Å². The monoisotopic (exact) mass is 650 g/mol. The minimum absolute atomic E-state index is 0.00391. The van der Waals surface area contributed by atoms with Crippen molar-refractivity contribution in [1.82, 2.24) is 9.80 Å². The maximum absolute atomic E-state index is 7.13. The zero-order chi connectivity index (χ0) is 33.5. The van der Waals surface area contributed by atoms with Crippen molar-refractivity contribution in [2.75, 3.05) is 55.6 Å². The van der Waals surface area contributed by atoms with Crippen LogP contribution in [-0.2, 0) is 32.1 Å². The molecule has 4 aliphatic heterocycles. The van der Waals surface area contributed by atoms with E-state index in [1.807, 2.05) is 6.07 Å². The molecule has 4 aliphatic rings. The molecule has 4 aromatic carbocycles. The molecule has 0 radical (unpaired) electrons. The minimum atomic E-state index is -0.00391. The van der Waals surface area contributed by atoms with Crippen LogP contribution in [0.5, 0.6) is 46.0 Å². The second-order valence-electron chi connectivity index (χ2n) is 13.1. The first-order chi connectivity index (χ1) is 23.4. The molecule has 4 heterocycles. The van der Waals surface area contributed by atoms with E-state index in [0.717, 1.165) is 73.4 Å². The van der Waals surface area contributed by atoms with Gasteiger partial charge in [-0.25, -0.2) is 0 Å². The molecule has 4 aromatic rings. The number of fused-ring (bicyclic) bond motifs is 2. The first-order valence-corrected chi connectivity index (χ1v) is 16.9. The van der Waals surface area contributed by atoms with Gasteiger partial charge in [0.15, 0.2) is 34.5 Å². The van der Waals surface area contributed by atoms with Gasteiger partial charge >= 0.3 is 0 Å². The highest BCUT2D eigenvalue weighted by Gasteiger charge is 2.36. The first-order valence-electron chi connectivity index (χ1n) is 16.9. The smallest absolute Gasteiger partial charge is 0.204 e. The fourth-order valence-electron chi connectivity index (χ4n) is 7.88. The average molecular weight is 651 g/mol. The average Bonchev–Trinajstić information content (AvgIpc) is 3.10. The number of hydrogen-bond acceptors (Lipinski definition) is 8. The summed E-state index contributed by atoms with van der Waals surface area (Å²) in [5.74, 6) is 5.57. The summed E-state index contributed by atoms with van der Waals surface area (Å²) in [6.45, 7) is 4.04. The van der Waals surface area contributed by atoms with Crippen LogP contribution in [0.4, 0.5) is 0 Å². The Morgan fingerprint density at radius 1 is 0.688 bits per heavy atom. The molecule has 48 heavy (non-hydrogen) atoms. The maximum Gasteiger partial charge on any atom is 0.204 e. The normalized spacial score (nSPS) is 18.9. The van der Waals surface area contributed by atoms with Crippen molar-refractivity contribution in [3.8, 4) is 46.0 Å². The van der Waals surface area contributed by atoms with E-state index in [4.69, 9.17) is 28.4 Å². The molecule has 8 nitrogen and oxygen atoms in total. The maximum atomic E-state index is 7.13. The Bertz CT molecular complexity index is 1820. The molecule has 8 heteroatoms. The molecule has 8 rings (SSSR count). The second kappa shape index (κ2) is 13.2. The van der Waals surface area contributed by atoms with Crippen molar-refractivity contribution in [2.45, 2.75) is 51.1 Å². The number of methoxy groups -OCH3 is 4. The number of hydrogen-bond donors (Lipinski definition) is 0. The number of benzene rings is 4. The van der Waals surface area contributed by atoms with Crippen LogP contribution < -0.4 is 28.4 Å². The molecule has 6 bridgehead atoms. The van der Waals surface area contributed by atoms with Crippen molar-refractivity contribution < 1.29 is 28.4 Å². The molecular formula is C40H46N2O6. The Labute approximate surface area is 284 Å². The van der Waals surface area contributed by atoms with Crippen LogP contribution in [0.3, 0.4) is 0 Å². The molecule has 0 amide bonds. The third-order valence-corrected chi connectivity index (χ3v) is 10.5. The van der Waals surface area contributed by atoms with Crippen molar-refractivity contribution in [1.29, 1.82) is 0 Å². The lowest BCUT2D eigenvalue weighted by atomic mass is 9.84. The van der Waals surface area contributed by atoms with Gasteiger partial charge in [0.1, 0.15) is 5.75 Å². The SMILES string of the molecule is CCc1c2c3c(c(OC)c1OC)Oc1cc4c(cc1OC)CCN(C)[C@H]4Cc1ccc(cc1)Oc1cc(ccc1OC)C[C@@H]3N(C)CC2. The largest absolute Gasteiger partial charge is 0.493 e. The summed E-state index contributed by atoms with van der Waals surface area (Å²) in [4.78, 5) is 4.85. The summed E-state index contributed by atoms with van der Waals surface area (Å²) in [7, 11) is 11.2. The van der Waals surface area contributed by atoms with Crippen molar-refractivity contribution >= 4 is 0 Å². The number of rotatable bonds is 5. The van der Waals surface area contributed by atoms with Crippen molar-refractivity contribution in [3.63, 3.8) is 0 Å². The van der Waals surface area contributed by atoms with Crippen molar-refractivity contribution in [3.05, 3.63) is 93.5 Å². The van der Waals surface area contributed by atoms with Crippen LogP contribution in [0.25, 0.3) is 0 Å². The van der Waals surface area contributed by atoms with Crippen LogP contribution >= 0.6 is 0 Å². The molecule has 0 saturated carbocycles. The highest BCUT2D eigenvalue weighted by atomic mass is 16.5. The number of likely N-dealkylation sites (N-methyl/N-ethyl adjacent to an activating group) is 2. The number of nitrogens with zero attached hydrogens (tertiary/aromatic N) is 2. The Morgan fingerprint density at radius 3 is 2.06 bits per heavy atom. The predicted molar refractivity (Wildman–Crippen MR) is 187 cm³/mol. The zero-order valence-electron chi connectivity index (χ0n) is 29.1. The Hall–Kier alpha value is -4.40. The van der Waals surface area contributed by atoms with E-state index in [2.05, 4.69) is 79.3 Å².